The van der Waals surface area contributed by atoms with E-state index in [4.69, 9.17) is 4.42 Å². The molecule has 1 aliphatic heterocycles. The van der Waals surface area contributed by atoms with E-state index in [0.717, 1.165) is 49.3 Å². The molecular formula is C22H24N2O2. The second-order valence-electron chi connectivity index (χ2n) is 7.21. The first-order chi connectivity index (χ1) is 12.7. The quantitative estimate of drug-likeness (QED) is 0.701. The predicted molar refractivity (Wildman–Crippen MR) is 102 cm³/mol. The van der Waals surface area contributed by atoms with Gasteiger partial charge in [-0.2, -0.15) is 0 Å². The molecule has 0 bridgehead atoms. The van der Waals surface area contributed by atoms with Crippen LogP contribution in [0, 0.1) is 5.92 Å². The third-order valence-corrected chi connectivity index (χ3v) is 5.27. The maximum atomic E-state index is 12.8. The first-order valence-electron chi connectivity index (χ1n) is 9.39. The molecule has 1 fully saturated rings. The van der Waals surface area contributed by atoms with Crippen LogP contribution in [0.5, 0.6) is 0 Å². The number of fused-ring (bicyclic) bond motifs is 1. The monoisotopic (exact) mass is 348 g/mol. The van der Waals surface area contributed by atoms with Crippen molar-refractivity contribution in [1.82, 2.24) is 9.88 Å². The van der Waals surface area contributed by atoms with E-state index in [0.29, 0.717) is 5.92 Å². The van der Waals surface area contributed by atoms with Crippen LogP contribution in [-0.4, -0.2) is 28.9 Å². The van der Waals surface area contributed by atoms with E-state index in [2.05, 4.69) is 17.1 Å². The summed E-state index contributed by atoms with van der Waals surface area (Å²) in [4.78, 5) is 19.4. The predicted octanol–water partition coefficient (Wildman–Crippen LogP) is 4.41. The highest BCUT2D eigenvalue weighted by Gasteiger charge is 2.29. The second-order valence-corrected chi connectivity index (χ2v) is 7.21. The molecule has 2 aromatic carbocycles. The topological polar surface area (TPSA) is 46.3 Å². The summed E-state index contributed by atoms with van der Waals surface area (Å²) >= 11 is 0. The molecule has 0 aliphatic carbocycles. The number of amides is 1. The van der Waals surface area contributed by atoms with E-state index in [-0.39, 0.29) is 11.8 Å². The molecule has 134 valence electrons. The number of hydrogen-bond acceptors (Lipinski definition) is 3. The van der Waals surface area contributed by atoms with E-state index in [1.165, 1.54) is 5.56 Å². The molecule has 1 aromatic heterocycles. The lowest BCUT2D eigenvalue weighted by Crippen LogP contribution is -2.41. The standard InChI is InChI=1S/C22H24N2O2/c1-16(15-17-7-3-2-4-8-17)22(25)24-13-11-18(12-14-24)21-23-19-9-5-6-10-20(19)26-21/h2-10,16,18H,11-15H2,1H3. The van der Waals surface area contributed by atoms with Crippen LogP contribution in [0.1, 0.15) is 37.1 Å². The number of likely N-dealkylation sites (tertiary alicyclic amines) is 1. The molecule has 1 saturated heterocycles. The Balaban J connectivity index is 1.36. The third-order valence-electron chi connectivity index (χ3n) is 5.27. The molecule has 0 spiro atoms. The third kappa shape index (κ3) is 3.50. The molecule has 1 atom stereocenters. The van der Waals surface area contributed by atoms with Crippen LogP contribution < -0.4 is 0 Å². The first kappa shape index (κ1) is 16.8. The van der Waals surface area contributed by atoms with Crippen molar-refractivity contribution in [3.05, 3.63) is 66.1 Å². The maximum Gasteiger partial charge on any atom is 0.225 e. The molecule has 0 N–H and O–H groups in total. The molecule has 1 aliphatic rings. The van der Waals surface area contributed by atoms with Gasteiger partial charge in [-0.1, -0.05) is 49.4 Å². The van der Waals surface area contributed by atoms with Crippen molar-refractivity contribution in [2.24, 2.45) is 5.92 Å². The Morgan fingerprint density at radius 2 is 1.81 bits per heavy atom. The average molecular weight is 348 g/mol. The van der Waals surface area contributed by atoms with E-state index in [1.807, 2.05) is 54.3 Å². The van der Waals surface area contributed by atoms with Gasteiger partial charge in [-0.05, 0) is 37.0 Å². The van der Waals surface area contributed by atoms with Gasteiger partial charge in [0.05, 0.1) is 0 Å². The van der Waals surface area contributed by atoms with E-state index >= 15 is 0 Å². The van der Waals surface area contributed by atoms with Crippen molar-refractivity contribution < 1.29 is 9.21 Å². The van der Waals surface area contributed by atoms with Gasteiger partial charge in [-0.3, -0.25) is 4.79 Å². The molecule has 4 rings (SSSR count). The Bertz CT molecular complexity index is 846. The lowest BCUT2D eigenvalue weighted by Gasteiger charge is -2.32. The van der Waals surface area contributed by atoms with Crippen molar-refractivity contribution >= 4 is 17.0 Å². The molecule has 0 radical (unpaired) electrons. The highest BCUT2D eigenvalue weighted by atomic mass is 16.3. The molecule has 2 heterocycles. The Kier molecular flexibility index (Phi) is 4.74. The lowest BCUT2D eigenvalue weighted by atomic mass is 9.94. The minimum Gasteiger partial charge on any atom is -0.440 e. The van der Waals surface area contributed by atoms with Crippen LogP contribution in [0.4, 0.5) is 0 Å². The molecule has 4 heteroatoms. The first-order valence-corrected chi connectivity index (χ1v) is 9.39. The summed E-state index contributed by atoms with van der Waals surface area (Å²) in [6.45, 7) is 3.59. The number of carbonyl (C=O) groups is 1. The van der Waals surface area contributed by atoms with Crippen LogP contribution in [0.25, 0.3) is 11.1 Å². The molecular weight excluding hydrogens is 324 g/mol. The molecule has 1 unspecified atom stereocenters. The summed E-state index contributed by atoms with van der Waals surface area (Å²) in [6, 6.07) is 18.1. The number of rotatable bonds is 4. The summed E-state index contributed by atoms with van der Waals surface area (Å²) in [5.41, 5.74) is 2.98. The number of carbonyl (C=O) groups excluding carboxylic acids is 1. The summed E-state index contributed by atoms with van der Waals surface area (Å²) in [5.74, 6) is 1.38. The maximum absolute atomic E-state index is 12.8. The van der Waals surface area contributed by atoms with Crippen LogP contribution >= 0.6 is 0 Å². The molecule has 3 aromatic rings. The summed E-state index contributed by atoms with van der Waals surface area (Å²) < 4.78 is 5.92. The van der Waals surface area contributed by atoms with E-state index in [1.54, 1.807) is 0 Å². The van der Waals surface area contributed by atoms with Gasteiger partial charge in [0.25, 0.3) is 0 Å². The normalized spacial score (nSPS) is 16.7. The Morgan fingerprint density at radius 3 is 2.54 bits per heavy atom. The zero-order valence-corrected chi connectivity index (χ0v) is 15.1. The Morgan fingerprint density at radius 1 is 1.12 bits per heavy atom. The minimum atomic E-state index is 0.0123. The zero-order chi connectivity index (χ0) is 17.9. The number of nitrogens with zero attached hydrogens (tertiary/aromatic N) is 2. The number of piperidine rings is 1. The average Bonchev–Trinajstić information content (AvgIpc) is 3.12. The number of hydrogen-bond donors (Lipinski definition) is 0. The summed E-state index contributed by atoms with van der Waals surface area (Å²) in [7, 11) is 0. The van der Waals surface area contributed by atoms with Crippen molar-refractivity contribution in [1.29, 1.82) is 0 Å². The van der Waals surface area contributed by atoms with Crippen molar-refractivity contribution in [3.63, 3.8) is 0 Å². The fourth-order valence-corrected chi connectivity index (χ4v) is 3.78. The number of benzene rings is 2. The van der Waals surface area contributed by atoms with Crippen LogP contribution in [0.2, 0.25) is 0 Å². The number of aromatic nitrogens is 1. The highest BCUT2D eigenvalue weighted by Crippen LogP contribution is 2.30. The Hall–Kier alpha value is -2.62. The molecule has 0 saturated carbocycles. The van der Waals surface area contributed by atoms with Gasteiger partial charge in [0.1, 0.15) is 5.52 Å². The second kappa shape index (κ2) is 7.32. The van der Waals surface area contributed by atoms with Crippen LogP contribution in [0.15, 0.2) is 59.0 Å². The van der Waals surface area contributed by atoms with E-state index < -0.39 is 0 Å². The summed E-state index contributed by atoms with van der Waals surface area (Å²) in [5, 5.41) is 0. The lowest BCUT2D eigenvalue weighted by molar-refractivity contribution is -0.136. The van der Waals surface area contributed by atoms with Crippen molar-refractivity contribution in [2.45, 2.75) is 32.1 Å². The van der Waals surface area contributed by atoms with Gasteiger partial charge < -0.3 is 9.32 Å². The van der Waals surface area contributed by atoms with Gasteiger partial charge in [0, 0.05) is 24.9 Å². The largest absolute Gasteiger partial charge is 0.440 e. The van der Waals surface area contributed by atoms with Crippen molar-refractivity contribution in [3.8, 4) is 0 Å². The van der Waals surface area contributed by atoms with Gasteiger partial charge in [0.15, 0.2) is 11.5 Å². The van der Waals surface area contributed by atoms with Gasteiger partial charge >= 0.3 is 0 Å². The SMILES string of the molecule is CC(Cc1ccccc1)C(=O)N1CCC(c2nc3ccccc3o2)CC1. The Labute approximate surface area is 153 Å². The van der Waals surface area contributed by atoms with Gasteiger partial charge in [0.2, 0.25) is 5.91 Å². The zero-order valence-electron chi connectivity index (χ0n) is 15.1. The van der Waals surface area contributed by atoms with E-state index in [9.17, 15) is 4.79 Å². The minimum absolute atomic E-state index is 0.0123. The fourth-order valence-electron chi connectivity index (χ4n) is 3.78. The van der Waals surface area contributed by atoms with Gasteiger partial charge in [-0.15, -0.1) is 0 Å². The highest BCUT2D eigenvalue weighted by molar-refractivity contribution is 5.79. The number of para-hydroxylation sites is 2. The molecule has 26 heavy (non-hydrogen) atoms. The van der Waals surface area contributed by atoms with Gasteiger partial charge in [-0.25, -0.2) is 4.98 Å². The van der Waals surface area contributed by atoms with Crippen LogP contribution in [-0.2, 0) is 11.2 Å². The molecule has 4 nitrogen and oxygen atoms in total. The summed E-state index contributed by atoms with van der Waals surface area (Å²) in [6.07, 6.45) is 2.62. The molecule has 1 amide bonds. The van der Waals surface area contributed by atoms with Crippen LogP contribution in [0.3, 0.4) is 0 Å². The van der Waals surface area contributed by atoms with Crippen molar-refractivity contribution in [2.75, 3.05) is 13.1 Å². The smallest absolute Gasteiger partial charge is 0.225 e. The fraction of sp³-hybridized carbons (Fsp3) is 0.364. The number of oxazole rings is 1.